The van der Waals surface area contributed by atoms with Crippen molar-refractivity contribution in [1.82, 2.24) is 9.80 Å². The second-order valence-electron chi connectivity index (χ2n) is 10.9. The van der Waals surface area contributed by atoms with E-state index < -0.39 is 0 Å². The van der Waals surface area contributed by atoms with Gasteiger partial charge in [0.05, 0.1) is 35.0 Å². The van der Waals surface area contributed by atoms with E-state index in [9.17, 15) is 4.79 Å². The lowest BCUT2D eigenvalue weighted by Gasteiger charge is -2.33. The lowest BCUT2D eigenvalue weighted by atomic mass is 9.95. The maximum absolute atomic E-state index is 13.4. The summed E-state index contributed by atoms with van der Waals surface area (Å²) in [5.74, 6) is 4.13. The van der Waals surface area contributed by atoms with Gasteiger partial charge in [0.25, 0.3) is 5.91 Å². The number of fused-ring (bicyclic) bond motifs is 2. The Kier molecular flexibility index (Phi) is 11.0. The van der Waals surface area contributed by atoms with Gasteiger partial charge in [0.15, 0.2) is 23.0 Å². The summed E-state index contributed by atoms with van der Waals surface area (Å²) in [7, 11) is 6.55. The average Bonchev–Trinajstić information content (AvgIpc) is 3.24. The van der Waals surface area contributed by atoms with Gasteiger partial charge in [-0.1, -0.05) is 18.6 Å². The normalized spacial score (nSPS) is 17.2. The predicted molar refractivity (Wildman–Crippen MR) is 167 cm³/mol. The molecule has 0 saturated carbocycles. The van der Waals surface area contributed by atoms with Crippen LogP contribution in [0.1, 0.15) is 41.6 Å². The van der Waals surface area contributed by atoms with Crippen LogP contribution in [0.4, 0.5) is 0 Å². The molecule has 0 aliphatic carbocycles. The third-order valence-electron chi connectivity index (χ3n) is 8.35. The zero-order chi connectivity index (χ0) is 28.8. The summed E-state index contributed by atoms with van der Waals surface area (Å²) in [5, 5.41) is 2.00. The van der Waals surface area contributed by atoms with Crippen molar-refractivity contribution < 1.29 is 28.5 Å². The van der Waals surface area contributed by atoms with Crippen LogP contribution in [-0.2, 0) is 6.42 Å². The van der Waals surface area contributed by atoms with Gasteiger partial charge < -0.3 is 33.5 Å². The van der Waals surface area contributed by atoms with Gasteiger partial charge in [-0.15, -0.1) is 12.4 Å². The van der Waals surface area contributed by atoms with Gasteiger partial charge in [-0.2, -0.15) is 0 Å². The van der Waals surface area contributed by atoms with Gasteiger partial charge in [-0.25, -0.2) is 0 Å². The van der Waals surface area contributed by atoms with Crippen LogP contribution in [-0.4, -0.2) is 83.5 Å². The molecule has 3 aromatic rings. The number of nitrogens with zero attached hydrogens (tertiary/aromatic N) is 2. The third-order valence-corrected chi connectivity index (χ3v) is 8.35. The minimum atomic E-state index is 0. The summed E-state index contributed by atoms with van der Waals surface area (Å²) in [6.45, 7) is 5.26. The highest BCUT2D eigenvalue weighted by molar-refractivity contribution is 5.97. The van der Waals surface area contributed by atoms with Gasteiger partial charge in [0.1, 0.15) is 5.75 Å². The van der Waals surface area contributed by atoms with Crippen molar-refractivity contribution in [2.24, 2.45) is 5.92 Å². The standard InChI is InChI=1S/C33H42N2O6.ClH/c1-37-29-13-12-25-26(32(29)40-4)10-7-11-28(25)41-18-8-16-34-15-6-5-9-23(21-34)22-35-17-14-24-19-30(38-2)31(39-3)20-27(24)33(35)36;/h7,10-13,19-20,23H,5-6,8-9,14-18,21-22H2,1-4H3;1H. The van der Waals surface area contributed by atoms with Crippen molar-refractivity contribution in [2.75, 3.05) is 67.8 Å². The van der Waals surface area contributed by atoms with Crippen LogP contribution in [0.15, 0.2) is 42.5 Å². The second kappa shape index (κ2) is 14.7. The summed E-state index contributed by atoms with van der Waals surface area (Å²) in [6, 6.07) is 13.8. The number of ether oxygens (including phenoxy) is 5. The highest BCUT2D eigenvalue weighted by Gasteiger charge is 2.29. The van der Waals surface area contributed by atoms with E-state index in [0.717, 1.165) is 85.4 Å². The molecule has 1 amide bonds. The fraction of sp³-hybridized carbons (Fsp3) is 0.485. The largest absolute Gasteiger partial charge is 0.493 e. The molecule has 0 spiro atoms. The van der Waals surface area contributed by atoms with Crippen LogP contribution in [0.3, 0.4) is 0 Å². The first-order chi connectivity index (χ1) is 20.1. The summed E-state index contributed by atoms with van der Waals surface area (Å²) in [4.78, 5) is 18.0. The summed E-state index contributed by atoms with van der Waals surface area (Å²) >= 11 is 0. The number of hydrogen-bond donors (Lipinski definition) is 0. The molecule has 0 aromatic heterocycles. The number of likely N-dealkylation sites (tertiary alicyclic amines) is 1. The van der Waals surface area contributed by atoms with Crippen molar-refractivity contribution in [3.63, 3.8) is 0 Å². The number of benzene rings is 3. The fourth-order valence-electron chi connectivity index (χ4n) is 6.26. The minimum absolute atomic E-state index is 0. The van der Waals surface area contributed by atoms with E-state index in [4.69, 9.17) is 23.7 Å². The Morgan fingerprint density at radius 3 is 2.38 bits per heavy atom. The molecule has 1 fully saturated rings. The molecule has 1 atom stereocenters. The number of hydrogen-bond acceptors (Lipinski definition) is 7. The van der Waals surface area contributed by atoms with Crippen molar-refractivity contribution in [3.8, 4) is 28.7 Å². The third kappa shape index (κ3) is 6.81. The van der Waals surface area contributed by atoms with Crippen LogP contribution >= 0.6 is 12.4 Å². The van der Waals surface area contributed by atoms with E-state index in [1.165, 1.54) is 12.8 Å². The van der Waals surface area contributed by atoms with E-state index in [2.05, 4.69) is 4.90 Å². The Labute approximate surface area is 255 Å². The first kappa shape index (κ1) is 31.6. The number of methoxy groups -OCH3 is 4. The van der Waals surface area contributed by atoms with Crippen LogP contribution in [0, 0.1) is 5.92 Å². The molecule has 2 aliphatic rings. The average molecular weight is 599 g/mol. The molecule has 2 heterocycles. The molecular formula is C33H43ClN2O6. The molecule has 2 aliphatic heterocycles. The molecule has 0 N–H and O–H groups in total. The topological polar surface area (TPSA) is 69.7 Å². The van der Waals surface area contributed by atoms with E-state index in [1.54, 1.807) is 28.4 Å². The molecular weight excluding hydrogens is 556 g/mol. The fourth-order valence-corrected chi connectivity index (χ4v) is 6.26. The van der Waals surface area contributed by atoms with E-state index >= 15 is 0 Å². The Balaban J connectivity index is 0.00000405. The molecule has 0 radical (unpaired) electrons. The monoisotopic (exact) mass is 598 g/mol. The smallest absolute Gasteiger partial charge is 0.254 e. The molecule has 8 nitrogen and oxygen atoms in total. The first-order valence-electron chi connectivity index (χ1n) is 14.6. The van der Waals surface area contributed by atoms with Crippen LogP contribution in [0.2, 0.25) is 0 Å². The number of carbonyl (C=O) groups is 1. The van der Waals surface area contributed by atoms with Crippen LogP contribution in [0.25, 0.3) is 10.8 Å². The maximum Gasteiger partial charge on any atom is 0.254 e. The molecule has 228 valence electrons. The Morgan fingerprint density at radius 2 is 1.62 bits per heavy atom. The van der Waals surface area contributed by atoms with Gasteiger partial charge in [-0.3, -0.25) is 4.79 Å². The molecule has 5 rings (SSSR count). The summed E-state index contributed by atoms with van der Waals surface area (Å²) in [6.07, 6.45) is 5.31. The maximum atomic E-state index is 13.4. The molecule has 42 heavy (non-hydrogen) atoms. The summed E-state index contributed by atoms with van der Waals surface area (Å²) < 4.78 is 28.2. The first-order valence-corrected chi connectivity index (χ1v) is 14.6. The van der Waals surface area contributed by atoms with E-state index in [1.807, 2.05) is 47.4 Å². The summed E-state index contributed by atoms with van der Waals surface area (Å²) in [5.41, 5.74) is 1.77. The van der Waals surface area contributed by atoms with Crippen LogP contribution in [0.5, 0.6) is 28.7 Å². The van der Waals surface area contributed by atoms with E-state index in [-0.39, 0.29) is 18.3 Å². The van der Waals surface area contributed by atoms with Crippen molar-refractivity contribution in [3.05, 3.63) is 53.6 Å². The highest BCUT2D eigenvalue weighted by atomic mass is 35.5. The number of halogens is 1. The van der Waals surface area contributed by atoms with Crippen molar-refractivity contribution in [2.45, 2.75) is 32.1 Å². The Hall–Kier alpha value is -3.36. The van der Waals surface area contributed by atoms with Crippen molar-refractivity contribution >= 4 is 29.1 Å². The highest BCUT2D eigenvalue weighted by Crippen LogP contribution is 2.39. The van der Waals surface area contributed by atoms with Gasteiger partial charge in [0.2, 0.25) is 0 Å². The van der Waals surface area contributed by atoms with E-state index in [0.29, 0.717) is 29.8 Å². The SMILES string of the molecule is COc1cc2c(cc1OC)C(=O)N(CC1CCCCN(CCCOc3cccc4c(OC)c(OC)ccc34)C1)CC2.Cl. The number of amides is 1. The number of rotatable bonds is 11. The van der Waals surface area contributed by atoms with Gasteiger partial charge in [0, 0.05) is 42.5 Å². The lowest BCUT2D eigenvalue weighted by Crippen LogP contribution is -2.43. The lowest BCUT2D eigenvalue weighted by molar-refractivity contribution is 0.0694. The minimum Gasteiger partial charge on any atom is -0.493 e. The molecule has 0 bridgehead atoms. The molecule has 9 heteroatoms. The second-order valence-corrected chi connectivity index (χ2v) is 10.9. The number of carbonyl (C=O) groups excluding carboxylic acids is 1. The van der Waals surface area contributed by atoms with Gasteiger partial charge >= 0.3 is 0 Å². The molecule has 1 unspecified atom stereocenters. The molecule has 1 saturated heterocycles. The van der Waals surface area contributed by atoms with Crippen molar-refractivity contribution in [1.29, 1.82) is 0 Å². The van der Waals surface area contributed by atoms with Crippen LogP contribution < -0.4 is 23.7 Å². The zero-order valence-corrected chi connectivity index (χ0v) is 26.0. The predicted octanol–water partition coefficient (Wildman–Crippen LogP) is 5.87. The van der Waals surface area contributed by atoms with Gasteiger partial charge in [-0.05, 0) is 74.0 Å². The Morgan fingerprint density at radius 1 is 0.833 bits per heavy atom. The molecule has 3 aromatic carbocycles. The Bertz CT molecular complexity index is 1370. The zero-order valence-electron chi connectivity index (χ0n) is 25.1. The quantitative estimate of drug-likeness (QED) is 0.256.